The Morgan fingerprint density at radius 1 is 1.21 bits per heavy atom. The smallest absolute Gasteiger partial charge is 0.222 e. The van der Waals surface area contributed by atoms with E-state index in [1.165, 1.54) is 0 Å². The van der Waals surface area contributed by atoms with Gasteiger partial charge in [-0.2, -0.15) is 0 Å². The number of ether oxygens (including phenoxy) is 1. The number of nitrogens with one attached hydrogen (secondary N) is 1. The molecule has 28 heavy (non-hydrogen) atoms. The van der Waals surface area contributed by atoms with Crippen molar-refractivity contribution in [2.24, 2.45) is 0 Å². The lowest BCUT2D eigenvalue weighted by Gasteiger charge is -2.30. The van der Waals surface area contributed by atoms with Crippen LogP contribution in [-0.4, -0.2) is 32.6 Å². The molecular weight excluding hydrogens is 352 g/mol. The number of fused-ring (bicyclic) bond motifs is 1. The van der Waals surface area contributed by atoms with Crippen LogP contribution in [0.4, 0.5) is 0 Å². The monoisotopic (exact) mass is 378 g/mol. The second-order valence-corrected chi connectivity index (χ2v) is 7.43. The first-order chi connectivity index (χ1) is 13.7. The molecule has 0 aliphatic heterocycles. The average Bonchev–Trinajstić information content (AvgIpc) is 3.13. The standard InChI is InChI=1S/C22H26N4O2/c1-16-24-12-14-26(16)13-10-22(27)25-18-5-7-19(8-6-18)28-21-4-2-3-17-15-23-11-9-20(17)21/h2-4,9,11-12,14-15,18-19H,5-8,10,13H2,1H3,(H,25,27). The molecule has 4 rings (SSSR count). The largest absolute Gasteiger partial charge is 0.490 e. The lowest BCUT2D eigenvalue weighted by atomic mass is 9.92. The predicted octanol–water partition coefficient (Wildman–Crippen LogP) is 3.64. The molecule has 1 aliphatic carbocycles. The van der Waals surface area contributed by atoms with Gasteiger partial charge in [0.1, 0.15) is 11.6 Å². The molecule has 2 heterocycles. The first-order valence-electron chi connectivity index (χ1n) is 9.95. The van der Waals surface area contributed by atoms with Crippen molar-refractivity contribution >= 4 is 16.7 Å². The number of hydrogen-bond acceptors (Lipinski definition) is 4. The minimum atomic E-state index is 0.110. The molecule has 1 fully saturated rings. The van der Waals surface area contributed by atoms with Crippen LogP contribution in [-0.2, 0) is 11.3 Å². The fourth-order valence-electron chi connectivity index (χ4n) is 3.86. The zero-order chi connectivity index (χ0) is 19.3. The van der Waals surface area contributed by atoms with Gasteiger partial charge in [-0.15, -0.1) is 0 Å². The number of carbonyl (C=O) groups excluding carboxylic acids is 1. The molecule has 1 amide bonds. The molecule has 3 aromatic rings. The highest BCUT2D eigenvalue weighted by molar-refractivity contribution is 5.87. The van der Waals surface area contributed by atoms with Gasteiger partial charge < -0.3 is 14.6 Å². The topological polar surface area (TPSA) is 69.0 Å². The molecule has 1 N–H and O–H groups in total. The zero-order valence-corrected chi connectivity index (χ0v) is 16.2. The van der Waals surface area contributed by atoms with Gasteiger partial charge in [-0.1, -0.05) is 12.1 Å². The molecule has 0 unspecified atom stereocenters. The zero-order valence-electron chi connectivity index (χ0n) is 16.2. The SMILES string of the molecule is Cc1nccn1CCC(=O)NC1CCC(Oc2cccc3cnccc23)CC1. The second-order valence-electron chi connectivity index (χ2n) is 7.43. The normalized spacial score (nSPS) is 19.5. The average molecular weight is 378 g/mol. The van der Waals surface area contributed by atoms with Crippen molar-refractivity contribution in [3.63, 3.8) is 0 Å². The first-order valence-corrected chi connectivity index (χ1v) is 9.95. The van der Waals surface area contributed by atoms with Gasteiger partial charge in [-0.05, 0) is 44.7 Å². The molecule has 146 valence electrons. The van der Waals surface area contributed by atoms with Crippen molar-refractivity contribution in [3.8, 4) is 5.75 Å². The molecular formula is C22H26N4O2. The molecule has 1 aromatic carbocycles. The Kier molecular flexibility index (Phi) is 5.55. The summed E-state index contributed by atoms with van der Waals surface area (Å²) in [5, 5.41) is 5.37. The van der Waals surface area contributed by atoms with Gasteiger partial charge in [-0.25, -0.2) is 4.98 Å². The van der Waals surface area contributed by atoms with Crippen LogP contribution >= 0.6 is 0 Å². The molecule has 0 atom stereocenters. The summed E-state index contributed by atoms with van der Waals surface area (Å²) in [5.41, 5.74) is 0. The molecule has 0 radical (unpaired) electrons. The Morgan fingerprint density at radius 2 is 2.07 bits per heavy atom. The Balaban J connectivity index is 1.25. The second kappa shape index (κ2) is 8.42. The molecule has 0 saturated heterocycles. The van der Waals surface area contributed by atoms with Gasteiger partial charge >= 0.3 is 0 Å². The molecule has 2 aromatic heterocycles. The first kappa shape index (κ1) is 18.5. The van der Waals surface area contributed by atoms with E-state index in [4.69, 9.17) is 4.74 Å². The number of pyridine rings is 1. The number of hydrogen-bond donors (Lipinski definition) is 1. The number of rotatable bonds is 6. The van der Waals surface area contributed by atoms with Gasteiger partial charge in [0.25, 0.3) is 0 Å². The summed E-state index contributed by atoms with van der Waals surface area (Å²) in [6.45, 7) is 2.62. The van der Waals surface area contributed by atoms with E-state index < -0.39 is 0 Å². The number of amides is 1. The van der Waals surface area contributed by atoms with Crippen LogP contribution in [0, 0.1) is 6.92 Å². The van der Waals surface area contributed by atoms with Crippen molar-refractivity contribution in [1.82, 2.24) is 19.9 Å². The summed E-state index contributed by atoms with van der Waals surface area (Å²) in [6.07, 6.45) is 11.8. The Labute approximate surface area is 164 Å². The number of nitrogens with zero attached hydrogens (tertiary/aromatic N) is 3. The van der Waals surface area contributed by atoms with Crippen LogP contribution in [0.3, 0.4) is 0 Å². The molecule has 1 aliphatic rings. The quantitative estimate of drug-likeness (QED) is 0.711. The van der Waals surface area contributed by atoms with E-state index in [1.807, 2.05) is 48.1 Å². The van der Waals surface area contributed by atoms with Crippen molar-refractivity contribution in [2.75, 3.05) is 0 Å². The van der Waals surface area contributed by atoms with E-state index >= 15 is 0 Å². The Bertz CT molecular complexity index is 939. The number of carbonyl (C=O) groups is 1. The van der Waals surface area contributed by atoms with Crippen molar-refractivity contribution < 1.29 is 9.53 Å². The summed E-state index contributed by atoms with van der Waals surface area (Å²) in [4.78, 5) is 20.6. The van der Waals surface area contributed by atoms with E-state index in [-0.39, 0.29) is 18.1 Å². The number of aromatic nitrogens is 3. The van der Waals surface area contributed by atoms with Crippen molar-refractivity contribution in [2.45, 2.75) is 57.7 Å². The lowest BCUT2D eigenvalue weighted by Crippen LogP contribution is -2.40. The lowest BCUT2D eigenvalue weighted by molar-refractivity contribution is -0.122. The van der Waals surface area contributed by atoms with Gasteiger partial charge in [0.2, 0.25) is 5.91 Å². The highest BCUT2D eigenvalue weighted by atomic mass is 16.5. The van der Waals surface area contributed by atoms with Gasteiger partial charge in [0.15, 0.2) is 0 Å². The fourth-order valence-corrected chi connectivity index (χ4v) is 3.86. The van der Waals surface area contributed by atoms with Crippen LogP contribution in [0.2, 0.25) is 0 Å². The summed E-state index contributed by atoms with van der Waals surface area (Å²) in [6, 6.07) is 8.32. The maximum absolute atomic E-state index is 12.3. The highest BCUT2D eigenvalue weighted by Gasteiger charge is 2.24. The van der Waals surface area contributed by atoms with Gasteiger partial charge in [0.05, 0.1) is 6.10 Å². The minimum Gasteiger partial charge on any atom is -0.490 e. The van der Waals surface area contributed by atoms with Gasteiger partial charge in [-0.3, -0.25) is 9.78 Å². The number of aryl methyl sites for hydroxylation is 2. The molecule has 6 nitrogen and oxygen atoms in total. The van der Waals surface area contributed by atoms with E-state index in [1.54, 1.807) is 12.4 Å². The summed E-state index contributed by atoms with van der Waals surface area (Å²) >= 11 is 0. The highest BCUT2D eigenvalue weighted by Crippen LogP contribution is 2.29. The number of benzene rings is 1. The summed E-state index contributed by atoms with van der Waals surface area (Å²) in [5.74, 6) is 1.97. The van der Waals surface area contributed by atoms with Crippen LogP contribution < -0.4 is 10.1 Å². The molecule has 6 heteroatoms. The van der Waals surface area contributed by atoms with Crippen LogP contribution in [0.15, 0.2) is 49.1 Å². The van der Waals surface area contributed by atoms with Crippen LogP contribution in [0.1, 0.15) is 37.9 Å². The Morgan fingerprint density at radius 3 is 2.86 bits per heavy atom. The molecule has 1 saturated carbocycles. The number of imidazole rings is 1. The third-order valence-corrected chi connectivity index (χ3v) is 5.48. The fraction of sp³-hybridized carbons (Fsp3) is 0.409. The molecule has 0 spiro atoms. The van der Waals surface area contributed by atoms with Crippen molar-refractivity contribution in [3.05, 3.63) is 54.9 Å². The maximum atomic E-state index is 12.3. The third kappa shape index (κ3) is 4.32. The van der Waals surface area contributed by atoms with E-state index in [2.05, 4.69) is 15.3 Å². The van der Waals surface area contributed by atoms with Crippen LogP contribution in [0.5, 0.6) is 5.75 Å². The van der Waals surface area contributed by atoms with E-state index in [9.17, 15) is 4.79 Å². The third-order valence-electron chi connectivity index (χ3n) is 5.48. The van der Waals surface area contributed by atoms with Gasteiger partial charge in [0, 0.05) is 54.6 Å². The van der Waals surface area contributed by atoms with E-state index in [0.717, 1.165) is 48.0 Å². The molecule has 0 bridgehead atoms. The Hall–Kier alpha value is -2.89. The van der Waals surface area contributed by atoms with Crippen molar-refractivity contribution in [1.29, 1.82) is 0 Å². The summed E-state index contributed by atoms with van der Waals surface area (Å²) in [7, 11) is 0. The minimum absolute atomic E-state index is 0.110. The predicted molar refractivity (Wildman–Crippen MR) is 108 cm³/mol. The summed E-state index contributed by atoms with van der Waals surface area (Å²) < 4.78 is 8.28. The maximum Gasteiger partial charge on any atom is 0.222 e. The van der Waals surface area contributed by atoms with E-state index in [0.29, 0.717) is 13.0 Å². The van der Waals surface area contributed by atoms with Crippen LogP contribution in [0.25, 0.3) is 10.8 Å².